The number of methoxy groups -OCH3 is 1. The summed E-state index contributed by atoms with van der Waals surface area (Å²) in [5.41, 5.74) is 0.743. The Kier molecular flexibility index (Phi) is 7.32. The topological polar surface area (TPSA) is 102 Å². The van der Waals surface area contributed by atoms with Crippen molar-refractivity contribution in [2.45, 2.75) is 17.4 Å². The molecule has 8 nitrogen and oxygen atoms in total. The maximum atomic E-state index is 12.7. The third-order valence-corrected chi connectivity index (χ3v) is 6.32. The first-order valence-electron chi connectivity index (χ1n) is 9.46. The number of aryl methyl sites for hydroxylation is 1. The number of ether oxygens (including phenoxy) is 1. The second kappa shape index (κ2) is 9.95. The Morgan fingerprint density at radius 3 is 2.68 bits per heavy atom. The molecule has 3 aromatic rings. The van der Waals surface area contributed by atoms with Gasteiger partial charge >= 0.3 is 0 Å². The van der Waals surface area contributed by atoms with Crippen LogP contribution in [0.25, 0.3) is 0 Å². The van der Waals surface area contributed by atoms with Crippen molar-refractivity contribution in [3.63, 3.8) is 0 Å². The molecule has 31 heavy (non-hydrogen) atoms. The van der Waals surface area contributed by atoms with Gasteiger partial charge in [-0.05, 0) is 24.3 Å². The summed E-state index contributed by atoms with van der Waals surface area (Å²) in [5, 5.41) is 3.24. The molecule has 1 amide bonds. The summed E-state index contributed by atoms with van der Waals surface area (Å²) in [6.07, 6.45) is 3.36. The van der Waals surface area contributed by atoms with Crippen molar-refractivity contribution in [3.8, 4) is 5.75 Å². The molecule has 3 rings (SSSR count). The molecular weight excluding hydrogens is 440 g/mol. The summed E-state index contributed by atoms with van der Waals surface area (Å²) in [6, 6.07) is 12.7. The number of nitrogens with one attached hydrogen (secondary N) is 2. The highest BCUT2D eigenvalue weighted by Gasteiger charge is 2.24. The Morgan fingerprint density at radius 2 is 2.00 bits per heavy atom. The number of benzene rings is 2. The molecule has 0 spiro atoms. The molecule has 1 aromatic heterocycles. The summed E-state index contributed by atoms with van der Waals surface area (Å²) in [4.78, 5) is 17.1. The Balaban J connectivity index is 1.71. The minimum Gasteiger partial charge on any atom is -0.496 e. The van der Waals surface area contributed by atoms with Crippen LogP contribution in [0.3, 0.4) is 0 Å². The highest BCUT2D eigenvalue weighted by atomic mass is 35.5. The zero-order valence-corrected chi connectivity index (χ0v) is 18.7. The summed E-state index contributed by atoms with van der Waals surface area (Å²) in [7, 11) is -0.385. The molecular formula is C21H23ClN4O4S. The van der Waals surface area contributed by atoms with E-state index in [1.807, 2.05) is 25.2 Å². The molecule has 0 aliphatic rings. The van der Waals surface area contributed by atoms with Gasteiger partial charge in [-0.2, -0.15) is 0 Å². The lowest BCUT2D eigenvalue weighted by Gasteiger charge is -2.21. The average molecular weight is 463 g/mol. The average Bonchev–Trinajstić information content (AvgIpc) is 3.17. The third kappa shape index (κ3) is 5.63. The molecule has 10 heteroatoms. The van der Waals surface area contributed by atoms with Gasteiger partial charge in [-0.1, -0.05) is 35.9 Å². The number of halogens is 1. The van der Waals surface area contributed by atoms with E-state index in [4.69, 9.17) is 16.3 Å². The lowest BCUT2D eigenvalue weighted by Crippen LogP contribution is -2.34. The van der Waals surface area contributed by atoms with E-state index in [1.165, 1.54) is 12.1 Å². The Morgan fingerprint density at radius 1 is 1.23 bits per heavy atom. The number of imidazole rings is 1. The maximum Gasteiger partial charge on any atom is 0.240 e. The van der Waals surface area contributed by atoms with E-state index in [1.54, 1.807) is 42.3 Å². The molecule has 1 unspecified atom stereocenters. The van der Waals surface area contributed by atoms with Crippen molar-refractivity contribution in [1.29, 1.82) is 0 Å². The lowest BCUT2D eigenvalue weighted by atomic mass is 10.0. The summed E-state index contributed by atoms with van der Waals surface area (Å²) < 4.78 is 34.5. The number of hydrogen-bond acceptors (Lipinski definition) is 5. The third-order valence-electron chi connectivity index (χ3n) is 4.62. The van der Waals surface area contributed by atoms with Gasteiger partial charge in [0.2, 0.25) is 15.9 Å². The molecule has 0 bridgehead atoms. The van der Waals surface area contributed by atoms with Gasteiger partial charge in [0.1, 0.15) is 17.6 Å². The zero-order valence-electron chi connectivity index (χ0n) is 17.1. The minimum atomic E-state index is -3.77. The second-order valence-electron chi connectivity index (χ2n) is 6.74. The number of carbonyl (C=O) groups is 1. The van der Waals surface area contributed by atoms with Gasteiger partial charge < -0.3 is 14.6 Å². The van der Waals surface area contributed by atoms with Crippen LogP contribution in [0.4, 0.5) is 0 Å². The fourth-order valence-electron chi connectivity index (χ4n) is 3.09. The SMILES string of the molecule is COc1ccccc1C(NC(=O)CCNS(=O)(=O)c1cccc(Cl)c1)c1nccn1C. The largest absolute Gasteiger partial charge is 0.496 e. The molecule has 2 N–H and O–H groups in total. The van der Waals surface area contributed by atoms with Gasteiger partial charge in [0, 0.05) is 43.0 Å². The standard InChI is InChI=1S/C21H23ClN4O4S/c1-26-13-12-23-21(26)20(17-8-3-4-9-18(17)30-2)25-19(27)10-11-24-31(28,29)16-7-5-6-15(22)14-16/h3-9,12-14,20,24H,10-11H2,1-2H3,(H,25,27). The highest BCUT2D eigenvalue weighted by molar-refractivity contribution is 7.89. The lowest BCUT2D eigenvalue weighted by molar-refractivity contribution is -0.121. The first kappa shape index (κ1) is 22.8. The van der Waals surface area contributed by atoms with E-state index in [9.17, 15) is 13.2 Å². The summed E-state index contributed by atoms with van der Waals surface area (Å²) >= 11 is 5.86. The summed E-state index contributed by atoms with van der Waals surface area (Å²) in [5.74, 6) is 0.891. The van der Waals surface area contributed by atoms with Gasteiger partial charge in [-0.25, -0.2) is 18.1 Å². The van der Waals surface area contributed by atoms with Crippen molar-refractivity contribution in [3.05, 3.63) is 77.3 Å². The molecule has 0 aliphatic carbocycles. The normalized spacial score (nSPS) is 12.4. The zero-order chi connectivity index (χ0) is 22.4. The van der Waals surface area contributed by atoms with Gasteiger partial charge in [0.25, 0.3) is 0 Å². The number of sulfonamides is 1. The predicted octanol–water partition coefficient (Wildman–Crippen LogP) is 2.66. The predicted molar refractivity (Wildman–Crippen MR) is 117 cm³/mol. The number of carbonyl (C=O) groups excluding carboxylic acids is 1. The Bertz CT molecular complexity index is 1160. The van der Waals surface area contributed by atoms with Gasteiger partial charge in [-0.3, -0.25) is 4.79 Å². The second-order valence-corrected chi connectivity index (χ2v) is 8.95. The van der Waals surface area contributed by atoms with Crippen LogP contribution in [-0.4, -0.2) is 37.5 Å². The van der Waals surface area contributed by atoms with Crippen molar-refractivity contribution >= 4 is 27.5 Å². The molecule has 0 saturated carbocycles. The van der Waals surface area contributed by atoms with Gasteiger partial charge in [0.05, 0.1) is 12.0 Å². The van der Waals surface area contributed by atoms with Crippen molar-refractivity contribution in [1.82, 2.24) is 19.6 Å². The maximum absolute atomic E-state index is 12.7. The number of rotatable bonds is 9. The van der Waals surface area contributed by atoms with Crippen LogP contribution in [0.5, 0.6) is 5.75 Å². The summed E-state index contributed by atoms with van der Waals surface area (Å²) in [6.45, 7) is -0.0696. The number of hydrogen-bond donors (Lipinski definition) is 2. The Hall–Kier alpha value is -2.88. The Labute approximate surface area is 186 Å². The number of nitrogens with zero attached hydrogens (tertiary/aromatic N) is 2. The first-order valence-corrected chi connectivity index (χ1v) is 11.3. The first-order chi connectivity index (χ1) is 14.8. The van der Waals surface area contributed by atoms with Crippen LogP contribution in [0.1, 0.15) is 23.9 Å². The van der Waals surface area contributed by atoms with Crippen LogP contribution in [0.2, 0.25) is 5.02 Å². The monoisotopic (exact) mass is 462 g/mol. The van der Waals surface area contributed by atoms with E-state index in [0.717, 1.165) is 5.56 Å². The molecule has 1 atom stereocenters. The van der Waals surface area contributed by atoms with Crippen LogP contribution < -0.4 is 14.8 Å². The smallest absolute Gasteiger partial charge is 0.240 e. The fourth-order valence-corrected chi connectivity index (χ4v) is 4.42. The van der Waals surface area contributed by atoms with E-state index in [2.05, 4.69) is 15.0 Å². The van der Waals surface area contributed by atoms with E-state index >= 15 is 0 Å². The highest BCUT2D eigenvalue weighted by Crippen LogP contribution is 2.29. The van der Waals surface area contributed by atoms with Crippen LogP contribution in [0, 0.1) is 0 Å². The van der Waals surface area contributed by atoms with E-state index < -0.39 is 16.1 Å². The molecule has 0 aliphatic heterocycles. The fraction of sp³-hybridized carbons (Fsp3) is 0.238. The number of para-hydroxylation sites is 1. The van der Waals surface area contributed by atoms with E-state index in [-0.39, 0.29) is 23.8 Å². The molecule has 2 aromatic carbocycles. The molecule has 0 saturated heterocycles. The van der Waals surface area contributed by atoms with Crippen LogP contribution >= 0.6 is 11.6 Å². The molecule has 0 radical (unpaired) electrons. The number of amides is 1. The number of aromatic nitrogens is 2. The van der Waals surface area contributed by atoms with E-state index in [0.29, 0.717) is 16.6 Å². The van der Waals surface area contributed by atoms with Crippen LogP contribution in [-0.2, 0) is 21.9 Å². The minimum absolute atomic E-state index is 0.0420. The molecule has 1 heterocycles. The van der Waals surface area contributed by atoms with Crippen LogP contribution in [0.15, 0.2) is 65.8 Å². The van der Waals surface area contributed by atoms with Gasteiger partial charge in [0.15, 0.2) is 0 Å². The van der Waals surface area contributed by atoms with Gasteiger partial charge in [-0.15, -0.1) is 0 Å². The quantitative estimate of drug-likeness (QED) is 0.509. The van der Waals surface area contributed by atoms with Crippen molar-refractivity contribution in [2.24, 2.45) is 7.05 Å². The molecule has 0 fully saturated rings. The van der Waals surface area contributed by atoms with Crippen molar-refractivity contribution in [2.75, 3.05) is 13.7 Å². The molecule has 164 valence electrons. The van der Waals surface area contributed by atoms with Crippen molar-refractivity contribution < 1.29 is 17.9 Å².